The number of ether oxygens (including phenoxy) is 1. The molecule has 172 valence electrons. The van der Waals surface area contributed by atoms with Crippen LogP contribution in [0.4, 0.5) is 10.5 Å². The van der Waals surface area contributed by atoms with E-state index >= 15 is 0 Å². The normalized spacial score (nSPS) is 22.5. The van der Waals surface area contributed by atoms with Crippen molar-refractivity contribution in [3.63, 3.8) is 0 Å². The van der Waals surface area contributed by atoms with Gasteiger partial charge in [0.25, 0.3) is 5.91 Å². The number of piperidine rings is 1. The highest BCUT2D eigenvalue weighted by Gasteiger charge is 2.48. The van der Waals surface area contributed by atoms with Gasteiger partial charge in [-0.05, 0) is 61.2 Å². The fourth-order valence-electron chi connectivity index (χ4n) is 4.08. The number of carbonyl (C=O) groups is 2. The topological polar surface area (TPSA) is 90.9 Å². The molecule has 1 aliphatic rings. The van der Waals surface area contributed by atoms with E-state index in [-0.39, 0.29) is 11.9 Å². The Morgan fingerprint density at radius 1 is 1.09 bits per heavy atom. The molecule has 1 fully saturated rings. The van der Waals surface area contributed by atoms with Crippen LogP contribution in [0.1, 0.15) is 34.6 Å². The zero-order chi connectivity index (χ0) is 23.4. The fourth-order valence-corrected chi connectivity index (χ4v) is 4.96. The Balaban J connectivity index is 1.62. The summed E-state index contributed by atoms with van der Waals surface area (Å²) in [5, 5.41) is 19.1. The second-order valence-corrected chi connectivity index (χ2v) is 9.22. The van der Waals surface area contributed by atoms with E-state index in [4.69, 9.17) is 4.74 Å². The summed E-state index contributed by atoms with van der Waals surface area (Å²) in [6.45, 7) is 2.05. The monoisotopic (exact) mass is 465 g/mol. The van der Waals surface area contributed by atoms with Gasteiger partial charge in [0.2, 0.25) is 0 Å². The zero-order valence-electron chi connectivity index (χ0n) is 18.5. The molecular formula is C25H27N3O4S. The van der Waals surface area contributed by atoms with E-state index in [1.807, 2.05) is 23.6 Å². The largest absolute Gasteiger partial charge is 0.497 e. The number of rotatable bonds is 5. The molecule has 0 unspecified atom stereocenters. The molecule has 0 aliphatic carbocycles. The molecule has 1 aromatic heterocycles. The Kier molecular flexibility index (Phi) is 6.67. The Bertz CT molecular complexity index is 1080. The number of methoxy groups -OCH3 is 1. The van der Waals surface area contributed by atoms with Crippen LogP contribution in [-0.4, -0.2) is 47.2 Å². The lowest BCUT2D eigenvalue weighted by Gasteiger charge is -2.48. The predicted octanol–water partition coefficient (Wildman–Crippen LogP) is 4.29. The lowest BCUT2D eigenvalue weighted by atomic mass is 9.81. The maximum absolute atomic E-state index is 13.3. The van der Waals surface area contributed by atoms with Crippen molar-refractivity contribution in [2.24, 2.45) is 0 Å². The summed E-state index contributed by atoms with van der Waals surface area (Å²) >= 11 is 1.49. The van der Waals surface area contributed by atoms with E-state index in [0.29, 0.717) is 30.0 Å². The predicted molar refractivity (Wildman–Crippen MR) is 129 cm³/mol. The molecule has 0 radical (unpaired) electrons. The summed E-state index contributed by atoms with van der Waals surface area (Å²) in [6, 6.07) is 18.3. The smallest absolute Gasteiger partial charge is 0.322 e. The van der Waals surface area contributed by atoms with Gasteiger partial charge in [0, 0.05) is 22.7 Å². The molecule has 3 atom stereocenters. The third-order valence-electron chi connectivity index (χ3n) is 5.94. The Morgan fingerprint density at radius 2 is 1.82 bits per heavy atom. The van der Waals surface area contributed by atoms with Crippen LogP contribution in [0.5, 0.6) is 5.75 Å². The van der Waals surface area contributed by atoms with Crippen molar-refractivity contribution in [2.45, 2.75) is 31.0 Å². The van der Waals surface area contributed by atoms with Gasteiger partial charge >= 0.3 is 6.03 Å². The van der Waals surface area contributed by atoms with Crippen molar-refractivity contribution in [3.05, 3.63) is 82.6 Å². The first-order valence-corrected chi connectivity index (χ1v) is 11.6. The van der Waals surface area contributed by atoms with Crippen LogP contribution in [0.15, 0.2) is 72.1 Å². The lowest BCUT2D eigenvalue weighted by Crippen LogP contribution is -2.63. The number of likely N-dealkylation sites (tertiary alicyclic amines) is 1. The summed E-state index contributed by atoms with van der Waals surface area (Å²) in [6.07, 6.45) is 0.324. The molecule has 2 heterocycles. The van der Waals surface area contributed by atoms with Crippen LogP contribution < -0.4 is 15.4 Å². The third kappa shape index (κ3) is 5.02. The zero-order valence-corrected chi connectivity index (χ0v) is 19.3. The molecule has 2 aromatic carbocycles. The number of nitrogens with zero attached hydrogens (tertiary/aromatic N) is 1. The molecule has 3 N–H and O–H groups in total. The van der Waals surface area contributed by atoms with E-state index in [1.165, 1.54) is 11.3 Å². The fraction of sp³-hybridized carbons (Fsp3) is 0.280. The minimum Gasteiger partial charge on any atom is -0.497 e. The summed E-state index contributed by atoms with van der Waals surface area (Å²) in [4.78, 5) is 28.9. The van der Waals surface area contributed by atoms with Crippen molar-refractivity contribution < 1.29 is 19.4 Å². The van der Waals surface area contributed by atoms with Crippen LogP contribution in [0, 0.1) is 0 Å². The standard InChI is InChI=1S/C25H27N3O4S/c1-25(31)14-15-28(24(30)26-18-10-12-19(32-2)13-11-18)21(20-9-6-16-33-20)22(25)27-23(29)17-7-4-3-5-8-17/h3-13,16,21-22,31H,14-15H2,1-2H3,(H,26,30)(H,27,29)/t21-,22-,25+/m0/s1. The van der Waals surface area contributed by atoms with Crippen LogP contribution >= 0.6 is 11.3 Å². The van der Waals surface area contributed by atoms with E-state index in [0.717, 1.165) is 4.88 Å². The molecule has 3 amide bonds. The third-order valence-corrected chi connectivity index (χ3v) is 6.88. The first kappa shape index (κ1) is 22.8. The number of amides is 3. The van der Waals surface area contributed by atoms with E-state index in [9.17, 15) is 14.7 Å². The molecular weight excluding hydrogens is 438 g/mol. The molecule has 7 nitrogen and oxygen atoms in total. The molecule has 8 heteroatoms. The van der Waals surface area contributed by atoms with Crippen LogP contribution in [0.25, 0.3) is 0 Å². The lowest BCUT2D eigenvalue weighted by molar-refractivity contribution is -0.0490. The van der Waals surface area contributed by atoms with Crippen molar-refractivity contribution >= 4 is 29.0 Å². The molecule has 33 heavy (non-hydrogen) atoms. The average molecular weight is 466 g/mol. The van der Waals surface area contributed by atoms with Crippen LogP contribution in [0.2, 0.25) is 0 Å². The number of carbonyl (C=O) groups excluding carboxylic acids is 2. The summed E-state index contributed by atoms with van der Waals surface area (Å²) < 4.78 is 5.18. The van der Waals surface area contributed by atoms with E-state index in [1.54, 1.807) is 67.5 Å². The number of anilines is 1. The number of nitrogens with one attached hydrogen (secondary N) is 2. The SMILES string of the molecule is COc1ccc(NC(=O)N2CC[C@@](C)(O)[C@@H](NC(=O)c3ccccc3)[C@@H]2c2cccs2)cc1. The van der Waals surface area contributed by atoms with Gasteiger partial charge in [-0.25, -0.2) is 4.79 Å². The number of hydrogen-bond acceptors (Lipinski definition) is 5. The second-order valence-electron chi connectivity index (χ2n) is 8.24. The molecule has 0 saturated carbocycles. The quantitative estimate of drug-likeness (QED) is 0.524. The minimum absolute atomic E-state index is 0.292. The van der Waals surface area contributed by atoms with Gasteiger partial charge in [-0.15, -0.1) is 11.3 Å². The van der Waals surface area contributed by atoms with E-state index < -0.39 is 17.7 Å². The van der Waals surface area contributed by atoms with Crippen molar-refractivity contribution in [1.82, 2.24) is 10.2 Å². The first-order chi connectivity index (χ1) is 15.9. The Morgan fingerprint density at radius 3 is 2.45 bits per heavy atom. The number of benzene rings is 2. The van der Waals surface area contributed by atoms with Crippen LogP contribution in [-0.2, 0) is 0 Å². The summed E-state index contributed by atoms with van der Waals surface area (Å²) in [5.41, 5.74) is -0.0679. The van der Waals surface area contributed by atoms with Gasteiger partial charge < -0.3 is 25.4 Å². The van der Waals surface area contributed by atoms with Gasteiger partial charge in [-0.3, -0.25) is 4.79 Å². The number of thiophene rings is 1. The molecule has 4 rings (SSSR count). The van der Waals surface area contributed by atoms with Crippen LogP contribution in [0.3, 0.4) is 0 Å². The Hall–Kier alpha value is -3.36. The highest BCUT2D eigenvalue weighted by molar-refractivity contribution is 7.10. The number of hydrogen-bond donors (Lipinski definition) is 3. The highest BCUT2D eigenvalue weighted by Crippen LogP contribution is 2.39. The molecule has 0 spiro atoms. The molecule has 3 aromatic rings. The van der Waals surface area contributed by atoms with Gasteiger partial charge in [0.15, 0.2) is 0 Å². The Labute approximate surface area is 197 Å². The highest BCUT2D eigenvalue weighted by atomic mass is 32.1. The maximum Gasteiger partial charge on any atom is 0.322 e. The summed E-state index contributed by atoms with van der Waals surface area (Å²) in [7, 11) is 1.59. The average Bonchev–Trinajstić information content (AvgIpc) is 3.35. The van der Waals surface area contributed by atoms with Crippen molar-refractivity contribution in [1.29, 1.82) is 0 Å². The van der Waals surface area contributed by atoms with Crippen molar-refractivity contribution in [2.75, 3.05) is 19.0 Å². The van der Waals surface area contributed by atoms with Crippen molar-refractivity contribution in [3.8, 4) is 5.75 Å². The number of aliphatic hydroxyl groups is 1. The summed E-state index contributed by atoms with van der Waals surface area (Å²) in [5.74, 6) is 0.405. The molecule has 0 bridgehead atoms. The van der Waals surface area contributed by atoms with Gasteiger partial charge in [-0.1, -0.05) is 24.3 Å². The minimum atomic E-state index is -1.20. The second kappa shape index (κ2) is 9.64. The maximum atomic E-state index is 13.3. The van der Waals surface area contributed by atoms with Gasteiger partial charge in [-0.2, -0.15) is 0 Å². The number of urea groups is 1. The molecule has 1 aliphatic heterocycles. The molecule has 1 saturated heterocycles. The van der Waals surface area contributed by atoms with Gasteiger partial charge in [0.05, 0.1) is 24.8 Å². The van der Waals surface area contributed by atoms with E-state index in [2.05, 4.69) is 10.6 Å². The first-order valence-electron chi connectivity index (χ1n) is 10.7. The van der Waals surface area contributed by atoms with Gasteiger partial charge in [0.1, 0.15) is 5.75 Å².